The molecular weight excluding hydrogens is 280 g/mol. The second-order valence-electron chi connectivity index (χ2n) is 4.17. The highest BCUT2D eigenvalue weighted by atomic mass is 35.5. The zero-order valence-electron chi connectivity index (χ0n) is 11.0. The summed E-state index contributed by atoms with van der Waals surface area (Å²) in [7, 11) is 1.56. The Morgan fingerprint density at radius 2 is 2.35 bits per heavy atom. The van der Waals surface area contributed by atoms with E-state index in [0.29, 0.717) is 28.7 Å². The summed E-state index contributed by atoms with van der Waals surface area (Å²) in [4.78, 5) is 11.8. The van der Waals surface area contributed by atoms with Gasteiger partial charge in [-0.15, -0.1) is 0 Å². The smallest absolute Gasteiger partial charge is 0.226 e. The number of carbonyl (C=O) groups is 1. The topological polar surface area (TPSA) is 82.2 Å². The summed E-state index contributed by atoms with van der Waals surface area (Å²) in [5, 5.41) is 7.29. The molecule has 106 valence electrons. The van der Waals surface area contributed by atoms with E-state index in [0.717, 1.165) is 0 Å². The number of benzene rings is 1. The monoisotopic (exact) mass is 294 g/mol. The van der Waals surface area contributed by atoms with Crippen LogP contribution in [0.5, 0.6) is 5.75 Å². The van der Waals surface area contributed by atoms with Crippen molar-refractivity contribution < 1.29 is 9.53 Å². The number of aromatic nitrogens is 2. The largest absolute Gasteiger partial charge is 0.497 e. The number of nitrogens with zero attached hydrogens (tertiary/aromatic N) is 2. The summed E-state index contributed by atoms with van der Waals surface area (Å²) < 4.78 is 6.66. The normalized spacial score (nSPS) is 10.3. The van der Waals surface area contributed by atoms with Crippen LogP contribution in [0.25, 0.3) is 0 Å². The van der Waals surface area contributed by atoms with E-state index in [-0.39, 0.29) is 12.3 Å². The van der Waals surface area contributed by atoms with Crippen LogP contribution in [0.15, 0.2) is 30.6 Å². The Bertz CT molecular complexity index is 612. The van der Waals surface area contributed by atoms with Crippen LogP contribution in [-0.2, 0) is 11.3 Å². The molecule has 2 rings (SSSR count). The van der Waals surface area contributed by atoms with Crippen LogP contribution in [0.4, 0.5) is 11.4 Å². The van der Waals surface area contributed by atoms with Crippen molar-refractivity contribution in [2.75, 3.05) is 18.2 Å². The zero-order valence-corrected chi connectivity index (χ0v) is 11.7. The number of anilines is 2. The Hall–Kier alpha value is -2.21. The van der Waals surface area contributed by atoms with Gasteiger partial charge in [-0.2, -0.15) is 5.10 Å². The quantitative estimate of drug-likeness (QED) is 0.828. The Kier molecular flexibility index (Phi) is 4.47. The molecule has 1 aromatic carbocycles. The number of rotatable bonds is 5. The van der Waals surface area contributed by atoms with Gasteiger partial charge in [-0.25, -0.2) is 0 Å². The Balaban J connectivity index is 1.91. The van der Waals surface area contributed by atoms with E-state index in [1.165, 1.54) is 6.20 Å². The number of aryl methyl sites for hydroxylation is 1. The molecule has 0 fully saturated rings. The minimum absolute atomic E-state index is 0.145. The van der Waals surface area contributed by atoms with Gasteiger partial charge in [0.05, 0.1) is 29.7 Å². The van der Waals surface area contributed by atoms with Crippen LogP contribution in [0.2, 0.25) is 5.02 Å². The molecule has 0 aliphatic carbocycles. The molecule has 0 bridgehead atoms. The Morgan fingerprint density at radius 1 is 1.55 bits per heavy atom. The van der Waals surface area contributed by atoms with E-state index < -0.39 is 0 Å². The fourth-order valence-corrected chi connectivity index (χ4v) is 1.83. The third-order valence-corrected chi connectivity index (χ3v) is 2.90. The highest BCUT2D eigenvalue weighted by Crippen LogP contribution is 2.24. The number of nitrogens with two attached hydrogens (primary N) is 1. The summed E-state index contributed by atoms with van der Waals surface area (Å²) in [6, 6.07) is 5.10. The molecule has 1 heterocycles. The summed E-state index contributed by atoms with van der Waals surface area (Å²) in [6.07, 6.45) is 3.47. The molecule has 2 aromatic rings. The van der Waals surface area contributed by atoms with Gasteiger partial charge in [0.1, 0.15) is 5.75 Å². The molecule has 0 aliphatic rings. The molecule has 0 unspecified atom stereocenters. The summed E-state index contributed by atoms with van der Waals surface area (Å²) in [5.41, 5.74) is 6.85. The van der Waals surface area contributed by atoms with Gasteiger partial charge in [-0.1, -0.05) is 11.6 Å². The third-order valence-electron chi connectivity index (χ3n) is 2.70. The number of halogens is 1. The molecule has 0 spiro atoms. The Morgan fingerprint density at radius 3 is 2.95 bits per heavy atom. The molecule has 1 amide bonds. The number of nitrogens with one attached hydrogen (secondary N) is 1. The van der Waals surface area contributed by atoms with Gasteiger partial charge in [0, 0.05) is 25.2 Å². The highest BCUT2D eigenvalue weighted by molar-refractivity contribution is 6.30. The molecule has 0 aliphatic heterocycles. The molecule has 0 saturated carbocycles. The van der Waals surface area contributed by atoms with Crippen molar-refractivity contribution in [3.63, 3.8) is 0 Å². The van der Waals surface area contributed by atoms with E-state index in [9.17, 15) is 4.79 Å². The van der Waals surface area contributed by atoms with Crippen LogP contribution in [0.3, 0.4) is 0 Å². The second kappa shape index (κ2) is 6.29. The molecule has 6 nitrogen and oxygen atoms in total. The number of nitrogen functional groups attached to an aromatic ring is 1. The van der Waals surface area contributed by atoms with Crippen molar-refractivity contribution in [1.82, 2.24) is 9.78 Å². The molecule has 0 radical (unpaired) electrons. The first-order valence-corrected chi connectivity index (χ1v) is 6.37. The van der Waals surface area contributed by atoms with E-state index in [2.05, 4.69) is 10.4 Å². The first kappa shape index (κ1) is 14.2. The van der Waals surface area contributed by atoms with E-state index in [1.54, 1.807) is 36.2 Å². The second-order valence-corrected chi connectivity index (χ2v) is 4.61. The van der Waals surface area contributed by atoms with Crippen LogP contribution < -0.4 is 15.8 Å². The lowest BCUT2D eigenvalue weighted by Crippen LogP contribution is -2.15. The number of carbonyl (C=O) groups excluding carboxylic acids is 1. The lowest BCUT2D eigenvalue weighted by Gasteiger charge is -2.09. The lowest BCUT2D eigenvalue weighted by atomic mass is 10.2. The number of ether oxygens (including phenoxy) is 1. The molecule has 20 heavy (non-hydrogen) atoms. The predicted molar refractivity (Wildman–Crippen MR) is 77.9 cm³/mol. The zero-order chi connectivity index (χ0) is 14.5. The first-order chi connectivity index (χ1) is 9.58. The number of methoxy groups -OCH3 is 1. The maximum atomic E-state index is 11.8. The number of amides is 1. The van der Waals surface area contributed by atoms with Crippen molar-refractivity contribution in [2.24, 2.45) is 0 Å². The number of hydrogen-bond donors (Lipinski definition) is 2. The van der Waals surface area contributed by atoms with Crippen molar-refractivity contribution in [2.45, 2.75) is 13.0 Å². The van der Waals surface area contributed by atoms with Crippen molar-refractivity contribution in [3.8, 4) is 5.75 Å². The molecular formula is C13H15ClN4O2. The maximum absolute atomic E-state index is 11.8. The van der Waals surface area contributed by atoms with Crippen LogP contribution in [0, 0.1) is 0 Å². The standard InChI is InChI=1S/C13H15ClN4O2/c1-20-10-2-3-12(11(15)6-10)17-13(19)4-5-18-8-9(14)7-16-18/h2-3,6-8H,4-5,15H2,1H3,(H,17,19). The predicted octanol–water partition coefficient (Wildman–Crippen LogP) is 2.16. The van der Waals surface area contributed by atoms with E-state index >= 15 is 0 Å². The fourth-order valence-electron chi connectivity index (χ4n) is 1.67. The van der Waals surface area contributed by atoms with Gasteiger partial charge in [-0.05, 0) is 12.1 Å². The van der Waals surface area contributed by atoms with Crippen molar-refractivity contribution in [1.29, 1.82) is 0 Å². The van der Waals surface area contributed by atoms with Gasteiger partial charge in [0.25, 0.3) is 0 Å². The summed E-state index contributed by atoms with van der Waals surface area (Å²) in [6.45, 7) is 0.453. The van der Waals surface area contributed by atoms with Crippen LogP contribution in [-0.4, -0.2) is 22.8 Å². The molecule has 7 heteroatoms. The van der Waals surface area contributed by atoms with E-state index in [1.807, 2.05) is 0 Å². The highest BCUT2D eigenvalue weighted by Gasteiger charge is 2.07. The minimum atomic E-state index is -0.145. The summed E-state index contributed by atoms with van der Waals surface area (Å²) in [5.74, 6) is 0.500. The SMILES string of the molecule is COc1ccc(NC(=O)CCn2cc(Cl)cn2)c(N)c1. The summed E-state index contributed by atoms with van der Waals surface area (Å²) >= 11 is 5.74. The van der Waals surface area contributed by atoms with Gasteiger partial charge < -0.3 is 15.8 Å². The number of hydrogen-bond acceptors (Lipinski definition) is 4. The molecule has 0 atom stereocenters. The Labute approximate surface area is 121 Å². The molecule has 0 saturated heterocycles. The third kappa shape index (κ3) is 3.64. The maximum Gasteiger partial charge on any atom is 0.226 e. The molecule has 3 N–H and O–H groups in total. The van der Waals surface area contributed by atoms with Crippen LogP contribution in [0.1, 0.15) is 6.42 Å². The average Bonchev–Trinajstić information content (AvgIpc) is 2.84. The minimum Gasteiger partial charge on any atom is -0.497 e. The van der Waals surface area contributed by atoms with Crippen molar-refractivity contribution in [3.05, 3.63) is 35.6 Å². The van der Waals surface area contributed by atoms with Gasteiger partial charge in [0.2, 0.25) is 5.91 Å². The van der Waals surface area contributed by atoms with E-state index in [4.69, 9.17) is 22.1 Å². The van der Waals surface area contributed by atoms with Crippen LogP contribution >= 0.6 is 11.6 Å². The molecule has 1 aromatic heterocycles. The lowest BCUT2D eigenvalue weighted by molar-refractivity contribution is -0.116. The first-order valence-electron chi connectivity index (χ1n) is 6.00. The van der Waals surface area contributed by atoms with Gasteiger partial charge in [0.15, 0.2) is 0 Å². The van der Waals surface area contributed by atoms with Crippen molar-refractivity contribution >= 4 is 28.9 Å². The van der Waals surface area contributed by atoms with Gasteiger partial charge in [-0.3, -0.25) is 9.48 Å². The average molecular weight is 295 g/mol. The van der Waals surface area contributed by atoms with Gasteiger partial charge >= 0.3 is 0 Å². The fraction of sp³-hybridized carbons (Fsp3) is 0.231.